The number of aliphatic hydroxyl groups is 1. The summed E-state index contributed by atoms with van der Waals surface area (Å²) < 4.78 is 1.94. The Morgan fingerprint density at radius 2 is 1.36 bits per heavy atom. The zero-order valence-corrected chi connectivity index (χ0v) is 30.0. The molecule has 0 aliphatic carbocycles. The maximum absolute atomic E-state index is 11.7. The summed E-state index contributed by atoms with van der Waals surface area (Å²) in [6.07, 6.45) is 6.94. The molecular weight excluding hydrogens is 719 g/mol. The van der Waals surface area contributed by atoms with Crippen molar-refractivity contribution in [2.45, 2.75) is 79.6 Å². The van der Waals surface area contributed by atoms with Gasteiger partial charge in [-0.2, -0.15) is 12.5 Å². The molecule has 0 unspecified atom stereocenters. The van der Waals surface area contributed by atoms with Gasteiger partial charge in [-0.15, -0.1) is 23.1 Å². The first-order chi connectivity index (χ1) is 20.5. The van der Waals surface area contributed by atoms with Crippen molar-refractivity contribution in [2.24, 2.45) is 11.8 Å². The van der Waals surface area contributed by atoms with Crippen LogP contribution >= 0.6 is 0 Å². The Morgan fingerprint density at radius 3 is 1.91 bits per heavy atom. The molecule has 0 saturated heterocycles. The molecular formula is C40H50IrNO2-. The largest absolute Gasteiger partial charge is 0.512 e. The van der Waals surface area contributed by atoms with Crippen molar-refractivity contribution in [2.75, 3.05) is 0 Å². The smallest absolute Gasteiger partial charge is 0.162 e. The minimum absolute atomic E-state index is 0. The van der Waals surface area contributed by atoms with E-state index in [4.69, 9.17) is 0 Å². The summed E-state index contributed by atoms with van der Waals surface area (Å²) >= 11 is 0. The van der Waals surface area contributed by atoms with E-state index in [2.05, 4.69) is 101 Å². The molecule has 0 saturated carbocycles. The summed E-state index contributed by atoms with van der Waals surface area (Å²) in [6.45, 7) is 19.3. The van der Waals surface area contributed by atoms with Crippen molar-refractivity contribution in [3.05, 3.63) is 116 Å². The van der Waals surface area contributed by atoms with E-state index in [1.54, 1.807) is 0 Å². The second kappa shape index (κ2) is 16.7. The minimum Gasteiger partial charge on any atom is -0.512 e. The molecule has 1 aromatic heterocycles. The first kappa shape index (κ1) is 36.9. The number of aliphatic hydroxyl groups excluding tert-OH is 1. The van der Waals surface area contributed by atoms with Crippen LogP contribution in [0.3, 0.4) is 0 Å². The van der Waals surface area contributed by atoms with Crippen molar-refractivity contribution in [3.8, 4) is 22.4 Å². The van der Waals surface area contributed by atoms with Crippen molar-refractivity contribution in [1.29, 1.82) is 0 Å². The van der Waals surface area contributed by atoms with Crippen LogP contribution in [0.5, 0.6) is 0 Å². The quantitative estimate of drug-likeness (QED) is 0.0798. The maximum atomic E-state index is 11.7. The second-order valence-electron chi connectivity index (χ2n) is 12.4. The van der Waals surface area contributed by atoms with Gasteiger partial charge in [0.15, 0.2) is 5.78 Å². The molecule has 0 aliphatic rings. The van der Waals surface area contributed by atoms with Gasteiger partial charge < -0.3 is 9.67 Å². The summed E-state index contributed by atoms with van der Waals surface area (Å²) in [6, 6.07) is 25.7. The van der Waals surface area contributed by atoms with Crippen LogP contribution in [0.15, 0.2) is 90.8 Å². The van der Waals surface area contributed by atoms with Gasteiger partial charge in [-0.05, 0) is 48.3 Å². The standard InChI is InChI=1S/C27H26N.C13H24O2.Ir/c1-19-22-13-9-10-14-23(22)25(27(2,3)4)18-24(19)26-17-21(15-16-28(26)5)20-11-7-6-8-12-20;1-5-10(6-2)12(14)9-13(15)11(7-3)8-4;/h6-18H,1,5H2,2-4H3;9-11,14H,5-8H2,1-4H3;/q-1;;/b;12-9-;. The molecule has 0 fully saturated rings. The average molecular weight is 769 g/mol. The van der Waals surface area contributed by atoms with E-state index in [-0.39, 0.29) is 48.9 Å². The zero-order chi connectivity index (χ0) is 31.7. The molecule has 3 nitrogen and oxygen atoms in total. The number of fused-ring (bicyclic) bond motifs is 1. The van der Waals surface area contributed by atoms with Crippen LogP contribution in [0.4, 0.5) is 0 Å². The summed E-state index contributed by atoms with van der Waals surface area (Å²) in [5.74, 6) is 0.547. The molecule has 237 valence electrons. The van der Waals surface area contributed by atoms with Crippen molar-refractivity contribution >= 4 is 16.6 Å². The van der Waals surface area contributed by atoms with Gasteiger partial charge in [-0.3, -0.25) is 4.79 Å². The predicted molar refractivity (Wildman–Crippen MR) is 183 cm³/mol. The van der Waals surface area contributed by atoms with Crippen LogP contribution in [0, 0.1) is 25.8 Å². The number of hydrogen-bond acceptors (Lipinski definition) is 2. The molecule has 1 radical (unpaired) electrons. The molecule has 0 aliphatic heterocycles. The molecule has 0 amide bonds. The van der Waals surface area contributed by atoms with E-state index in [1.165, 1.54) is 33.5 Å². The summed E-state index contributed by atoms with van der Waals surface area (Å²) in [5, 5.41) is 12.2. The first-order valence-corrected chi connectivity index (χ1v) is 15.7. The SMILES string of the molecule is CCC(CC)C(=O)/C=C(\O)C(CC)CC.[CH2-]c1c(-c2cc(-c3ccccc3)cc[n+]2[CH2-])cc(C(C)(C)C)c2ccccc12.[Ir]. The minimum atomic E-state index is 0. The van der Waals surface area contributed by atoms with E-state index in [9.17, 15) is 9.90 Å². The van der Waals surface area contributed by atoms with Gasteiger partial charge >= 0.3 is 0 Å². The van der Waals surface area contributed by atoms with Crippen LogP contribution in [-0.4, -0.2) is 10.9 Å². The van der Waals surface area contributed by atoms with E-state index in [1.807, 2.05) is 44.5 Å². The Morgan fingerprint density at radius 1 is 0.818 bits per heavy atom. The van der Waals surface area contributed by atoms with Gasteiger partial charge in [0.1, 0.15) is 0 Å². The topological polar surface area (TPSA) is 41.2 Å². The van der Waals surface area contributed by atoms with Gasteiger partial charge in [0.25, 0.3) is 0 Å². The molecule has 0 spiro atoms. The van der Waals surface area contributed by atoms with Crippen molar-refractivity contribution in [3.63, 3.8) is 0 Å². The number of aromatic nitrogens is 1. The van der Waals surface area contributed by atoms with Crippen molar-refractivity contribution in [1.82, 2.24) is 0 Å². The number of rotatable bonds is 9. The van der Waals surface area contributed by atoms with Crippen molar-refractivity contribution < 1.29 is 34.6 Å². The number of carbonyl (C=O) groups is 1. The second-order valence-corrected chi connectivity index (χ2v) is 12.4. The van der Waals surface area contributed by atoms with Crippen LogP contribution in [0.2, 0.25) is 0 Å². The third-order valence-electron chi connectivity index (χ3n) is 8.46. The Kier molecular flexibility index (Phi) is 14.0. The van der Waals surface area contributed by atoms with Gasteiger partial charge in [0.2, 0.25) is 0 Å². The van der Waals surface area contributed by atoms with Gasteiger partial charge in [0.05, 0.1) is 17.6 Å². The molecule has 4 rings (SSSR count). The molecule has 1 N–H and O–H groups in total. The van der Waals surface area contributed by atoms with Gasteiger partial charge in [-0.25, -0.2) is 0 Å². The Bertz CT molecular complexity index is 1540. The molecule has 3 aromatic carbocycles. The number of benzene rings is 3. The number of ketones is 1. The Labute approximate surface area is 279 Å². The fourth-order valence-corrected chi connectivity index (χ4v) is 5.64. The molecule has 1 heterocycles. The molecule has 44 heavy (non-hydrogen) atoms. The number of pyridine rings is 1. The van der Waals surface area contributed by atoms with Crippen LogP contribution in [0.25, 0.3) is 33.2 Å². The van der Waals surface area contributed by atoms with E-state index in [0.717, 1.165) is 42.5 Å². The summed E-state index contributed by atoms with van der Waals surface area (Å²) in [4.78, 5) is 11.7. The van der Waals surface area contributed by atoms with Crippen LogP contribution in [-0.2, 0) is 30.3 Å². The molecule has 0 bridgehead atoms. The van der Waals surface area contributed by atoms with E-state index in [0.29, 0.717) is 0 Å². The normalized spacial score (nSPS) is 11.7. The average Bonchev–Trinajstić information content (AvgIpc) is 2.99. The number of carbonyl (C=O) groups excluding carboxylic acids is 1. The summed E-state index contributed by atoms with van der Waals surface area (Å²) in [5.41, 5.74) is 7.00. The van der Waals surface area contributed by atoms with Gasteiger partial charge in [-0.1, -0.05) is 114 Å². The van der Waals surface area contributed by atoms with Crippen LogP contribution < -0.4 is 4.57 Å². The third-order valence-corrected chi connectivity index (χ3v) is 8.46. The first-order valence-electron chi connectivity index (χ1n) is 15.7. The fourth-order valence-electron chi connectivity index (χ4n) is 5.64. The van der Waals surface area contributed by atoms with Gasteiger partial charge in [0, 0.05) is 45.1 Å². The fraction of sp³-hybridized carbons (Fsp3) is 0.350. The predicted octanol–water partition coefficient (Wildman–Crippen LogP) is 10.4. The number of hydrogen-bond donors (Lipinski definition) is 1. The molecule has 4 aromatic rings. The van der Waals surface area contributed by atoms with E-state index < -0.39 is 0 Å². The summed E-state index contributed by atoms with van der Waals surface area (Å²) in [7, 11) is 4.23. The Balaban J connectivity index is 0.000000363. The maximum Gasteiger partial charge on any atom is 0.162 e. The zero-order valence-electron chi connectivity index (χ0n) is 27.6. The number of allylic oxidation sites excluding steroid dienone is 2. The number of nitrogens with zero attached hydrogens (tertiary/aromatic N) is 1. The molecule has 4 heteroatoms. The Hall–Kier alpha value is -3.33. The van der Waals surface area contributed by atoms with E-state index >= 15 is 0 Å². The molecule has 0 atom stereocenters. The third kappa shape index (κ3) is 8.87. The monoisotopic (exact) mass is 769 g/mol. The van der Waals surface area contributed by atoms with Crippen LogP contribution in [0.1, 0.15) is 85.3 Å².